The van der Waals surface area contributed by atoms with Crippen molar-refractivity contribution in [3.05, 3.63) is 0 Å². The van der Waals surface area contributed by atoms with Crippen molar-refractivity contribution in [1.82, 2.24) is 10.6 Å². The van der Waals surface area contributed by atoms with E-state index < -0.39 is 0 Å². The summed E-state index contributed by atoms with van der Waals surface area (Å²) in [6.07, 6.45) is 4.16. The van der Waals surface area contributed by atoms with Gasteiger partial charge in [-0.05, 0) is 26.1 Å². The van der Waals surface area contributed by atoms with Crippen molar-refractivity contribution in [1.29, 1.82) is 0 Å². The molecule has 0 spiro atoms. The van der Waals surface area contributed by atoms with Crippen molar-refractivity contribution in [2.75, 3.05) is 39.6 Å². The molecule has 1 aliphatic rings. The van der Waals surface area contributed by atoms with Crippen LogP contribution in [0.3, 0.4) is 0 Å². The molecule has 0 bridgehead atoms. The van der Waals surface area contributed by atoms with Crippen LogP contribution in [0.4, 0.5) is 0 Å². The van der Waals surface area contributed by atoms with Crippen LogP contribution in [0.25, 0.3) is 0 Å². The standard InChI is InChI=1S/C12H24N2O2S/c1-10(8-13-2)11(15)14-9-12(17-3)4-6-16-7-5-12/h10,13H,4-9H2,1-3H3,(H,14,15). The Labute approximate surface area is 108 Å². The number of amides is 1. The van der Waals surface area contributed by atoms with E-state index in [4.69, 9.17) is 4.74 Å². The SMILES string of the molecule is CNCC(C)C(=O)NCC1(SC)CCOCC1. The fourth-order valence-corrected chi connectivity index (χ4v) is 2.81. The molecule has 100 valence electrons. The molecule has 4 nitrogen and oxygen atoms in total. The van der Waals surface area contributed by atoms with E-state index in [0.29, 0.717) is 0 Å². The maximum absolute atomic E-state index is 11.8. The third kappa shape index (κ3) is 4.48. The quantitative estimate of drug-likeness (QED) is 0.744. The van der Waals surface area contributed by atoms with Crippen molar-refractivity contribution < 1.29 is 9.53 Å². The highest BCUT2D eigenvalue weighted by Gasteiger charge is 2.32. The van der Waals surface area contributed by atoms with Gasteiger partial charge in [-0.1, -0.05) is 6.92 Å². The van der Waals surface area contributed by atoms with Crippen LogP contribution >= 0.6 is 11.8 Å². The van der Waals surface area contributed by atoms with E-state index in [1.165, 1.54) is 0 Å². The predicted octanol–water partition coefficient (Wildman–Crippen LogP) is 0.870. The highest BCUT2D eigenvalue weighted by molar-refractivity contribution is 8.00. The van der Waals surface area contributed by atoms with Gasteiger partial charge in [0, 0.05) is 37.0 Å². The van der Waals surface area contributed by atoms with Crippen LogP contribution in [0.15, 0.2) is 0 Å². The number of thioether (sulfide) groups is 1. The van der Waals surface area contributed by atoms with E-state index in [-0.39, 0.29) is 16.6 Å². The molecule has 1 saturated heterocycles. The summed E-state index contributed by atoms with van der Waals surface area (Å²) in [6, 6.07) is 0. The van der Waals surface area contributed by atoms with E-state index in [1.807, 2.05) is 25.7 Å². The molecule has 0 aliphatic carbocycles. The molecule has 2 N–H and O–H groups in total. The molecule has 0 aromatic rings. The first-order valence-corrected chi connectivity index (χ1v) is 7.41. The fourth-order valence-electron chi connectivity index (χ4n) is 2.02. The van der Waals surface area contributed by atoms with Crippen LogP contribution in [-0.2, 0) is 9.53 Å². The second-order valence-corrected chi connectivity index (χ2v) is 5.95. The Morgan fingerprint density at radius 2 is 2.12 bits per heavy atom. The molecule has 1 unspecified atom stereocenters. The lowest BCUT2D eigenvalue weighted by molar-refractivity contribution is -0.124. The molecule has 1 fully saturated rings. The summed E-state index contributed by atoms with van der Waals surface area (Å²) in [6.45, 7) is 5.04. The van der Waals surface area contributed by atoms with Crippen LogP contribution in [0.5, 0.6) is 0 Å². The lowest BCUT2D eigenvalue weighted by atomic mass is 9.98. The molecule has 1 heterocycles. The molecular weight excluding hydrogens is 236 g/mol. The van der Waals surface area contributed by atoms with E-state index >= 15 is 0 Å². The van der Waals surface area contributed by atoms with E-state index in [2.05, 4.69) is 16.9 Å². The van der Waals surface area contributed by atoms with Gasteiger partial charge >= 0.3 is 0 Å². The number of carbonyl (C=O) groups is 1. The minimum absolute atomic E-state index is 0.0266. The second-order valence-electron chi connectivity index (χ2n) is 4.68. The molecule has 1 aliphatic heterocycles. The normalized spacial score (nSPS) is 20.9. The Balaban J connectivity index is 2.39. The van der Waals surface area contributed by atoms with Crippen molar-refractivity contribution in [2.24, 2.45) is 5.92 Å². The zero-order valence-corrected chi connectivity index (χ0v) is 11.9. The van der Waals surface area contributed by atoms with Gasteiger partial charge in [0.2, 0.25) is 5.91 Å². The van der Waals surface area contributed by atoms with E-state index in [9.17, 15) is 4.79 Å². The lowest BCUT2D eigenvalue weighted by Crippen LogP contribution is -2.46. The first-order chi connectivity index (χ1) is 8.13. The molecule has 0 aromatic heterocycles. The van der Waals surface area contributed by atoms with Crippen LogP contribution in [0.2, 0.25) is 0 Å². The number of nitrogens with one attached hydrogen (secondary N) is 2. The topological polar surface area (TPSA) is 50.4 Å². The summed E-state index contributed by atoms with van der Waals surface area (Å²) in [5.41, 5.74) is 0. The number of carbonyl (C=O) groups excluding carboxylic acids is 1. The minimum Gasteiger partial charge on any atom is -0.381 e. The molecule has 1 amide bonds. The van der Waals surface area contributed by atoms with Gasteiger partial charge in [0.15, 0.2) is 0 Å². The first-order valence-electron chi connectivity index (χ1n) is 6.19. The highest BCUT2D eigenvalue weighted by Crippen LogP contribution is 2.32. The molecule has 1 rings (SSSR count). The van der Waals surface area contributed by atoms with Crippen LogP contribution in [0.1, 0.15) is 19.8 Å². The first kappa shape index (κ1) is 14.8. The number of rotatable bonds is 6. The van der Waals surface area contributed by atoms with E-state index in [1.54, 1.807) is 0 Å². The van der Waals surface area contributed by atoms with Crippen LogP contribution in [0, 0.1) is 5.92 Å². The summed E-state index contributed by atoms with van der Waals surface area (Å²) in [7, 11) is 1.87. The van der Waals surface area contributed by atoms with Gasteiger partial charge < -0.3 is 15.4 Å². The number of hydrogen-bond acceptors (Lipinski definition) is 4. The Bertz CT molecular complexity index is 243. The summed E-state index contributed by atoms with van der Waals surface area (Å²) in [5, 5.41) is 6.10. The van der Waals surface area contributed by atoms with Gasteiger partial charge in [-0.25, -0.2) is 0 Å². The fraction of sp³-hybridized carbons (Fsp3) is 0.917. The van der Waals surface area contributed by atoms with Crippen molar-refractivity contribution in [3.63, 3.8) is 0 Å². The van der Waals surface area contributed by atoms with Gasteiger partial charge in [-0.3, -0.25) is 4.79 Å². The molecule has 5 heteroatoms. The van der Waals surface area contributed by atoms with E-state index in [0.717, 1.165) is 39.1 Å². The minimum atomic E-state index is 0.0266. The summed E-state index contributed by atoms with van der Waals surface area (Å²) < 4.78 is 5.56. The summed E-state index contributed by atoms with van der Waals surface area (Å²) >= 11 is 1.85. The average Bonchev–Trinajstić information content (AvgIpc) is 2.37. The average molecular weight is 260 g/mol. The van der Waals surface area contributed by atoms with Gasteiger partial charge in [0.25, 0.3) is 0 Å². The summed E-state index contributed by atoms with van der Waals surface area (Å²) in [5.74, 6) is 0.165. The van der Waals surface area contributed by atoms with Gasteiger partial charge in [-0.15, -0.1) is 0 Å². The third-order valence-electron chi connectivity index (χ3n) is 3.38. The maximum atomic E-state index is 11.8. The van der Waals surface area contributed by atoms with Crippen molar-refractivity contribution >= 4 is 17.7 Å². The van der Waals surface area contributed by atoms with Gasteiger partial charge in [-0.2, -0.15) is 11.8 Å². The van der Waals surface area contributed by atoms with Crippen molar-refractivity contribution in [2.45, 2.75) is 24.5 Å². The Hall–Kier alpha value is -0.260. The largest absolute Gasteiger partial charge is 0.381 e. The van der Waals surface area contributed by atoms with Crippen LogP contribution in [-0.4, -0.2) is 50.3 Å². The Morgan fingerprint density at radius 3 is 2.65 bits per heavy atom. The zero-order chi connectivity index (χ0) is 12.7. The number of hydrogen-bond donors (Lipinski definition) is 2. The smallest absolute Gasteiger partial charge is 0.224 e. The lowest BCUT2D eigenvalue weighted by Gasteiger charge is -2.36. The second kappa shape index (κ2) is 7.24. The third-order valence-corrected chi connectivity index (χ3v) is 4.80. The zero-order valence-electron chi connectivity index (χ0n) is 11.0. The van der Waals surface area contributed by atoms with Gasteiger partial charge in [0.05, 0.1) is 0 Å². The molecule has 0 aromatic carbocycles. The monoisotopic (exact) mass is 260 g/mol. The molecule has 1 atom stereocenters. The predicted molar refractivity (Wildman–Crippen MR) is 72.4 cm³/mol. The Morgan fingerprint density at radius 1 is 1.47 bits per heavy atom. The van der Waals surface area contributed by atoms with Gasteiger partial charge in [0.1, 0.15) is 0 Å². The highest BCUT2D eigenvalue weighted by atomic mass is 32.2. The molecule has 0 saturated carbocycles. The number of ether oxygens (including phenoxy) is 1. The summed E-state index contributed by atoms with van der Waals surface area (Å²) in [4.78, 5) is 11.8. The van der Waals surface area contributed by atoms with Crippen LogP contribution < -0.4 is 10.6 Å². The Kier molecular flexibility index (Phi) is 6.30. The molecule has 17 heavy (non-hydrogen) atoms. The van der Waals surface area contributed by atoms with Crippen molar-refractivity contribution in [3.8, 4) is 0 Å². The maximum Gasteiger partial charge on any atom is 0.224 e. The molecular formula is C12H24N2O2S. The molecule has 0 radical (unpaired) electrons.